The first-order valence-electron chi connectivity index (χ1n) is 5.06. The van der Waals surface area contributed by atoms with Crippen LogP contribution in [0.1, 0.15) is 20.8 Å². The van der Waals surface area contributed by atoms with Crippen LogP contribution in [0.2, 0.25) is 6.32 Å². The van der Waals surface area contributed by atoms with E-state index in [-0.39, 0.29) is 11.5 Å². The van der Waals surface area contributed by atoms with Crippen LogP contribution >= 0.6 is 15.9 Å². The smallest absolute Gasteiger partial charge is 0.410 e. The monoisotopic (exact) mass is 273 g/mol. The maximum Gasteiger partial charge on any atom is 0.410 e. The van der Waals surface area contributed by atoms with Gasteiger partial charge in [0, 0.05) is 23.8 Å². The van der Waals surface area contributed by atoms with E-state index in [9.17, 15) is 4.79 Å². The Morgan fingerprint density at radius 2 is 2.07 bits per heavy atom. The molecule has 1 heterocycles. The summed E-state index contributed by atoms with van der Waals surface area (Å²) in [5, 5.41) is 0.829. The van der Waals surface area contributed by atoms with Gasteiger partial charge in [0.2, 0.25) is 0 Å². The molecule has 1 rings (SSSR count). The average Bonchev–Trinajstić information content (AvgIpc) is 2.00. The number of likely N-dealkylation sites (tertiary alicyclic amines) is 1. The van der Waals surface area contributed by atoms with Crippen molar-refractivity contribution in [3.8, 4) is 0 Å². The second-order valence-corrected chi connectivity index (χ2v) is 5.73. The van der Waals surface area contributed by atoms with E-state index < -0.39 is 5.60 Å². The molecule has 84 valence electrons. The fourth-order valence-electron chi connectivity index (χ4n) is 1.49. The second-order valence-electron chi connectivity index (χ2n) is 5.17. The van der Waals surface area contributed by atoms with Gasteiger partial charge in [-0.25, -0.2) is 4.79 Å². The molecule has 2 radical (unpaired) electrons. The van der Waals surface area contributed by atoms with Crippen LogP contribution in [0.25, 0.3) is 0 Å². The number of carbonyl (C=O) groups is 1. The molecule has 0 aromatic heterocycles. The molecule has 0 spiro atoms. The highest BCUT2D eigenvalue weighted by atomic mass is 79.9. The van der Waals surface area contributed by atoms with Crippen LogP contribution in [-0.4, -0.2) is 42.9 Å². The van der Waals surface area contributed by atoms with Crippen LogP contribution in [0.4, 0.5) is 4.79 Å². The van der Waals surface area contributed by atoms with Crippen molar-refractivity contribution in [2.45, 2.75) is 32.7 Å². The minimum atomic E-state index is -0.424. The van der Waals surface area contributed by atoms with E-state index in [1.54, 1.807) is 4.90 Å². The molecular formula is C10H17BBrNO2. The van der Waals surface area contributed by atoms with E-state index in [0.29, 0.717) is 19.4 Å². The van der Waals surface area contributed by atoms with Gasteiger partial charge in [-0.2, -0.15) is 0 Å². The summed E-state index contributed by atoms with van der Waals surface area (Å²) in [6, 6.07) is 0. The first-order valence-corrected chi connectivity index (χ1v) is 6.18. The van der Waals surface area contributed by atoms with Crippen molar-refractivity contribution in [2.24, 2.45) is 5.41 Å². The van der Waals surface area contributed by atoms with E-state index in [1.165, 1.54) is 0 Å². The normalized spacial score (nSPS) is 19.6. The van der Waals surface area contributed by atoms with Gasteiger partial charge in [0.15, 0.2) is 0 Å². The van der Waals surface area contributed by atoms with Crippen molar-refractivity contribution in [3.05, 3.63) is 0 Å². The standard InChI is InChI=1S/C10H17BBrNO2/c1-9(2,3)15-8(14)13-6-10(4-11,5-12)7-13/h4-7H2,1-3H3. The molecule has 1 saturated heterocycles. The topological polar surface area (TPSA) is 29.5 Å². The zero-order chi connectivity index (χ0) is 11.7. The Morgan fingerprint density at radius 3 is 2.40 bits per heavy atom. The highest BCUT2D eigenvalue weighted by Crippen LogP contribution is 2.36. The molecule has 0 aliphatic carbocycles. The van der Waals surface area contributed by atoms with E-state index in [1.807, 2.05) is 20.8 Å². The molecule has 1 fully saturated rings. The number of rotatable bonds is 2. The predicted molar refractivity (Wildman–Crippen MR) is 64.6 cm³/mol. The quantitative estimate of drug-likeness (QED) is 0.570. The van der Waals surface area contributed by atoms with Gasteiger partial charge in [-0.15, -0.1) is 0 Å². The van der Waals surface area contributed by atoms with Crippen molar-refractivity contribution in [2.75, 3.05) is 18.4 Å². The number of alkyl halides is 1. The SMILES string of the molecule is [B]CC1(CBr)CN(C(=O)OC(C)(C)C)C1. The minimum Gasteiger partial charge on any atom is -0.444 e. The number of amides is 1. The Kier molecular flexibility index (Phi) is 3.74. The maximum absolute atomic E-state index is 11.6. The molecule has 0 saturated carbocycles. The van der Waals surface area contributed by atoms with Crippen LogP contribution in [0, 0.1) is 5.41 Å². The molecule has 0 N–H and O–H groups in total. The number of halogens is 1. The molecule has 0 aromatic carbocycles. The van der Waals surface area contributed by atoms with E-state index in [4.69, 9.17) is 12.6 Å². The van der Waals surface area contributed by atoms with E-state index >= 15 is 0 Å². The molecule has 15 heavy (non-hydrogen) atoms. The van der Waals surface area contributed by atoms with Crippen molar-refractivity contribution < 1.29 is 9.53 Å². The van der Waals surface area contributed by atoms with Gasteiger partial charge in [0.1, 0.15) is 5.60 Å². The van der Waals surface area contributed by atoms with Gasteiger partial charge in [-0.1, -0.05) is 22.3 Å². The number of ether oxygens (including phenoxy) is 1. The summed E-state index contributed by atoms with van der Waals surface area (Å²) in [4.78, 5) is 13.3. The zero-order valence-corrected chi connectivity index (χ0v) is 11.1. The van der Waals surface area contributed by atoms with E-state index in [2.05, 4.69) is 15.9 Å². The first kappa shape index (κ1) is 12.9. The molecule has 5 heteroatoms. The maximum atomic E-state index is 11.6. The molecule has 0 bridgehead atoms. The Morgan fingerprint density at radius 1 is 1.53 bits per heavy atom. The zero-order valence-electron chi connectivity index (χ0n) is 9.55. The average molecular weight is 274 g/mol. The first-order chi connectivity index (χ1) is 6.82. The van der Waals surface area contributed by atoms with Crippen molar-refractivity contribution in [1.29, 1.82) is 0 Å². The lowest BCUT2D eigenvalue weighted by Gasteiger charge is -2.49. The third-order valence-corrected chi connectivity index (χ3v) is 3.61. The van der Waals surface area contributed by atoms with Gasteiger partial charge in [0.05, 0.1) is 7.85 Å². The number of hydrogen-bond donors (Lipinski definition) is 0. The lowest BCUT2D eigenvalue weighted by Crippen LogP contribution is -2.59. The molecule has 1 aliphatic heterocycles. The Balaban J connectivity index is 2.42. The number of hydrogen-bond acceptors (Lipinski definition) is 2. The molecule has 3 nitrogen and oxygen atoms in total. The summed E-state index contributed by atoms with van der Waals surface area (Å²) in [5.74, 6) is 0. The highest BCUT2D eigenvalue weighted by molar-refractivity contribution is 9.09. The summed E-state index contributed by atoms with van der Waals surface area (Å²) in [7, 11) is 5.66. The Hall–Kier alpha value is -0.185. The summed E-state index contributed by atoms with van der Waals surface area (Å²) >= 11 is 3.42. The van der Waals surface area contributed by atoms with Gasteiger partial charge >= 0.3 is 6.09 Å². The lowest BCUT2D eigenvalue weighted by atomic mass is 9.72. The minimum absolute atomic E-state index is 0.0525. The van der Waals surface area contributed by atoms with Gasteiger partial charge in [0.25, 0.3) is 0 Å². The van der Waals surface area contributed by atoms with Gasteiger partial charge in [-0.3, -0.25) is 0 Å². The van der Waals surface area contributed by atoms with Crippen LogP contribution in [0.3, 0.4) is 0 Å². The Bertz CT molecular complexity index is 240. The number of nitrogens with zero attached hydrogens (tertiary/aromatic N) is 1. The molecule has 1 aliphatic rings. The van der Waals surface area contributed by atoms with Crippen molar-refractivity contribution >= 4 is 29.9 Å². The van der Waals surface area contributed by atoms with E-state index in [0.717, 1.165) is 5.33 Å². The number of carbonyl (C=O) groups excluding carboxylic acids is 1. The summed E-state index contributed by atoms with van der Waals surface area (Å²) in [6.45, 7) is 6.97. The van der Waals surface area contributed by atoms with Crippen LogP contribution in [0.5, 0.6) is 0 Å². The van der Waals surface area contributed by atoms with Gasteiger partial charge in [-0.05, 0) is 20.8 Å². The summed E-state index contributed by atoms with van der Waals surface area (Å²) in [5.41, 5.74) is -0.372. The largest absolute Gasteiger partial charge is 0.444 e. The molecule has 0 unspecified atom stereocenters. The van der Waals surface area contributed by atoms with Crippen LogP contribution in [0.15, 0.2) is 0 Å². The molecule has 0 atom stereocenters. The summed E-state index contributed by atoms with van der Waals surface area (Å²) < 4.78 is 5.25. The van der Waals surface area contributed by atoms with Gasteiger partial charge < -0.3 is 9.64 Å². The van der Waals surface area contributed by atoms with Crippen LogP contribution < -0.4 is 0 Å². The molecule has 0 aromatic rings. The van der Waals surface area contributed by atoms with Crippen molar-refractivity contribution in [3.63, 3.8) is 0 Å². The van der Waals surface area contributed by atoms with Crippen molar-refractivity contribution in [1.82, 2.24) is 4.90 Å². The fourth-order valence-corrected chi connectivity index (χ4v) is 2.07. The fraction of sp³-hybridized carbons (Fsp3) is 0.900. The third kappa shape index (κ3) is 3.13. The predicted octanol–water partition coefficient (Wildman–Crippen LogP) is 2.21. The molecule has 1 amide bonds. The summed E-state index contributed by atoms with van der Waals surface area (Å²) in [6.07, 6.45) is 0.352. The molecular weight excluding hydrogens is 257 g/mol. The Labute approximate surface area is 101 Å². The highest BCUT2D eigenvalue weighted by Gasteiger charge is 2.43. The van der Waals surface area contributed by atoms with Crippen LogP contribution in [-0.2, 0) is 4.74 Å². The lowest BCUT2D eigenvalue weighted by molar-refractivity contribution is -0.0197. The third-order valence-electron chi connectivity index (χ3n) is 2.42. The second kappa shape index (κ2) is 4.36.